The van der Waals surface area contributed by atoms with Crippen molar-refractivity contribution in [3.8, 4) is 0 Å². The lowest BCUT2D eigenvalue weighted by Crippen LogP contribution is -2.26. The molecule has 70 valence electrons. The number of rotatable bonds is 2. The molecule has 1 heterocycles. The first-order chi connectivity index (χ1) is 6.00. The Labute approximate surface area is 74.7 Å². The Morgan fingerprint density at radius 1 is 1.54 bits per heavy atom. The van der Waals surface area contributed by atoms with Gasteiger partial charge in [0, 0.05) is 13.0 Å². The van der Waals surface area contributed by atoms with Gasteiger partial charge in [0.2, 0.25) is 0 Å². The van der Waals surface area contributed by atoms with E-state index in [-0.39, 0.29) is 5.57 Å². The highest BCUT2D eigenvalue weighted by Gasteiger charge is 2.26. The minimum Gasteiger partial charge on any atom is -0.458 e. The van der Waals surface area contributed by atoms with Crippen molar-refractivity contribution in [2.45, 2.75) is 20.0 Å². The van der Waals surface area contributed by atoms with Gasteiger partial charge in [0.15, 0.2) is 0 Å². The van der Waals surface area contributed by atoms with Gasteiger partial charge < -0.3 is 4.74 Å². The van der Waals surface area contributed by atoms with Gasteiger partial charge >= 0.3 is 5.97 Å². The van der Waals surface area contributed by atoms with Crippen molar-refractivity contribution in [3.05, 3.63) is 11.6 Å². The summed E-state index contributed by atoms with van der Waals surface area (Å²) in [6, 6.07) is 0. The fourth-order valence-electron chi connectivity index (χ4n) is 1.04. The third kappa shape index (κ3) is 2.14. The standard InChI is InChI=1S/C8H9NO4/c1-4(13-5(2)10)6-3-7(11)9-8(6)12/h3-4H,1-2H3,(H,9,11,12). The molecule has 1 N–H and O–H groups in total. The molecule has 1 aliphatic rings. The van der Waals surface area contributed by atoms with Crippen LogP contribution in [-0.2, 0) is 19.1 Å². The summed E-state index contributed by atoms with van der Waals surface area (Å²) in [6.45, 7) is 2.77. The first-order valence-corrected chi connectivity index (χ1v) is 3.75. The van der Waals surface area contributed by atoms with E-state index in [9.17, 15) is 14.4 Å². The summed E-state index contributed by atoms with van der Waals surface area (Å²) in [7, 11) is 0. The van der Waals surface area contributed by atoms with Gasteiger partial charge in [0.1, 0.15) is 6.10 Å². The number of carbonyl (C=O) groups is 3. The van der Waals surface area contributed by atoms with E-state index in [1.165, 1.54) is 13.8 Å². The van der Waals surface area contributed by atoms with Gasteiger partial charge in [-0.05, 0) is 6.92 Å². The van der Waals surface area contributed by atoms with E-state index in [4.69, 9.17) is 4.74 Å². The highest BCUT2D eigenvalue weighted by Crippen LogP contribution is 2.10. The van der Waals surface area contributed by atoms with Crippen LogP contribution in [0.25, 0.3) is 0 Å². The second-order valence-corrected chi connectivity index (χ2v) is 2.67. The molecule has 5 nitrogen and oxygen atoms in total. The Morgan fingerprint density at radius 2 is 2.15 bits per heavy atom. The molecule has 1 aliphatic heterocycles. The summed E-state index contributed by atoms with van der Waals surface area (Å²) in [4.78, 5) is 32.3. The third-order valence-corrected chi connectivity index (χ3v) is 1.57. The smallest absolute Gasteiger partial charge is 0.303 e. The van der Waals surface area contributed by atoms with Crippen LogP contribution in [-0.4, -0.2) is 23.9 Å². The molecule has 1 unspecified atom stereocenters. The lowest BCUT2D eigenvalue weighted by molar-refractivity contribution is -0.144. The van der Waals surface area contributed by atoms with Crippen molar-refractivity contribution < 1.29 is 19.1 Å². The number of carbonyl (C=O) groups excluding carboxylic acids is 3. The van der Waals surface area contributed by atoms with Crippen LogP contribution < -0.4 is 5.32 Å². The molecule has 1 atom stereocenters. The Hall–Kier alpha value is -1.65. The number of amides is 2. The summed E-state index contributed by atoms with van der Waals surface area (Å²) in [5.74, 6) is -1.46. The zero-order chi connectivity index (χ0) is 10.0. The van der Waals surface area contributed by atoms with Crippen molar-refractivity contribution in [1.29, 1.82) is 0 Å². The van der Waals surface area contributed by atoms with Crippen LogP contribution in [0.15, 0.2) is 11.6 Å². The Balaban J connectivity index is 2.71. The van der Waals surface area contributed by atoms with Gasteiger partial charge in [-0.2, -0.15) is 0 Å². The van der Waals surface area contributed by atoms with Crippen LogP contribution in [0, 0.1) is 0 Å². The molecule has 5 heteroatoms. The molecule has 0 aliphatic carbocycles. The van der Waals surface area contributed by atoms with Crippen molar-refractivity contribution in [1.82, 2.24) is 5.32 Å². The zero-order valence-corrected chi connectivity index (χ0v) is 7.29. The molecule has 0 saturated heterocycles. The number of ether oxygens (including phenoxy) is 1. The average molecular weight is 183 g/mol. The second-order valence-electron chi connectivity index (χ2n) is 2.67. The maximum atomic E-state index is 11.0. The molecule has 0 aromatic rings. The minimum atomic E-state index is -0.677. The van der Waals surface area contributed by atoms with Crippen molar-refractivity contribution in [2.75, 3.05) is 0 Å². The number of imide groups is 1. The summed E-state index contributed by atoms with van der Waals surface area (Å²) in [6.07, 6.45) is 0.458. The number of hydrogen-bond acceptors (Lipinski definition) is 4. The van der Waals surface area contributed by atoms with E-state index in [1.54, 1.807) is 0 Å². The lowest BCUT2D eigenvalue weighted by atomic mass is 10.2. The van der Waals surface area contributed by atoms with Gasteiger partial charge in [-0.15, -0.1) is 0 Å². The van der Waals surface area contributed by atoms with Crippen molar-refractivity contribution >= 4 is 17.8 Å². The monoisotopic (exact) mass is 183 g/mol. The summed E-state index contributed by atoms with van der Waals surface area (Å²) in [5, 5.41) is 2.06. The number of hydrogen-bond donors (Lipinski definition) is 1. The van der Waals surface area contributed by atoms with E-state index in [0.717, 1.165) is 6.08 Å². The van der Waals surface area contributed by atoms with Crippen LogP contribution in [0.2, 0.25) is 0 Å². The Morgan fingerprint density at radius 3 is 2.54 bits per heavy atom. The van der Waals surface area contributed by atoms with Crippen LogP contribution >= 0.6 is 0 Å². The van der Waals surface area contributed by atoms with E-state index in [0.29, 0.717) is 0 Å². The molecule has 0 radical (unpaired) electrons. The molecule has 0 spiro atoms. The predicted octanol–water partition coefficient (Wildman–Crippen LogP) is -0.479. The number of nitrogens with one attached hydrogen (secondary N) is 1. The molecule has 0 fully saturated rings. The lowest BCUT2D eigenvalue weighted by Gasteiger charge is -2.10. The Kier molecular flexibility index (Phi) is 2.46. The molecular formula is C8H9NO4. The first-order valence-electron chi connectivity index (χ1n) is 3.75. The van der Waals surface area contributed by atoms with Gasteiger partial charge in [-0.1, -0.05) is 0 Å². The minimum absolute atomic E-state index is 0.181. The summed E-state index contributed by atoms with van der Waals surface area (Å²) >= 11 is 0. The van der Waals surface area contributed by atoms with E-state index in [1.807, 2.05) is 0 Å². The van der Waals surface area contributed by atoms with Crippen LogP contribution in [0.3, 0.4) is 0 Å². The van der Waals surface area contributed by atoms with E-state index in [2.05, 4.69) is 5.32 Å². The highest BCUT2D eigenvalue weighted by atomic mass is 16.5. The SMILES string of the molecule is CC(=O)OC(C)C1=CC(=O)NC1=O. The summed E-state index contributed by atoms with van der Waals surface area (Å²) in [5.41, 5.74) is 0.181. The number of esters is 1. The molecule has 2 amide bonds. The molecule has 0 bridgehead atoms. The molecule has 0 saturated carbocycles. The fraction of sp³-hybridized carbons (Fsp3) is 0.375. The van der Waals surface area contributed by atoms with Gasteiger partial charge in [-0.3, -0.25) is 19.7 Å². The topological polar surface area (TPSA) is 72.5 Å². The van der Waals surface area contributed by atoms with E-state index < -0.39 is 23.9 Å². The maximum Gasteiger partial charge on any atom is 0.303 e. The van der Waals surface area contributed by atoms with E-state index >= 15 is 0 Å². The zero-order valence-electron chi connectivity index (χ0n) is 7.29. The molecule has 13 heavy (non-hydrogen) atoms. The quantitative estimate of drug-likeness (QED) is 0.463. The van der Waals surface area contributed by atoms with Crippen LogP contribution in [0.1, 0.15) is 13.8 Å². The first kappa shape index (κ1) is 9.44. The molecule has 0 aromatic heterocycles. The van der Waals surface area contributed by atoms with Crippen LogP contribution in [0.4, 0.5) is 0 Å². The fourth-order valence-corrected chi connectivity index (χ4v) is 1.04. The van der Waals surface area contributed by atoms with Gasteiger partial charge in [-0.25, -0.2) is 0 Å². The van der Waals surface area contributed by atoms with Crippen molar-refractivity contribution in [2.24, 2.45) is 0 Å². The van der Waals surface area contributed by atoms with Gasteiger partial charge in [0.25, 0.3) is 11.8 Å². The maximum absolute atomic E-state index is 11.0. The molecule has 1 rings (SSSR count). The van der Waals surface area contributed by atoms with Gasteiger partial charge in [0.05, 0.1) is 5.57 Å². The normalized spacial score (nSPS) is 17.8. The predicted molar refractivity (Wildman–Crippen MR) is 42.5 cm³/mol. The largest absolute Gasteiger partial charge is 0.458 e. The summed E-state index contributed by atoms with van der Waals surface area (Å²) < 4.78 is 4.73. The second kappa shape index (κ2) is 3.38. The average Bonchev–Trinajstić information content (AvgIpc) is 2.28. The Bertz CT molecular complexity index is 305. The van der Waals surface area contributed by atoms with Crippen molar-refractivity contribution in [3.63, 3.8) is 0 Å². The molecular weight excluding hydrogens is 174 g/mol. The molecule has 0 aromatic carbocycles. The highest BCUT2D eigenvalue weighted by molar-refractivity contribution is 6.16. The van der Waals surface area contributed by atoms with Crippen LogP contribution in [0.5, 0.6) is 0 Å². The third-order valence-electron chi connectivity index (χ3n) is 1.57.